The third kappa shape index (κ3) is 4.63. The summed E-state index contributed by atoms with van der Waals surface area (Å²) in [7, 11) is 0. The molecule has 2 aliphatic heterocycles. The minimum absolute atomic E-state index is 0.0697. The highest BCUT2D eigenvalue weighted by molar-refractivity contribution is 6.31. The second-order valence-electron chi connectivity index (χ2n) is 9.04. The van der Waals surface area contributed by atoms with Crippen molar-refractivity contribution in [3.05, 3.63) is 57.6 Å². The number of carbonyl (C=O) groups excluding carboxylic acids is 2. The first-order valence-electron chi connectivity index (χ1n) is 11.3. The van der Waals surface area contributed by atoms with Gasteiger partial charge in [-0.1, -0.05) is 29.8 Å². The monoisotopic (exact) mass is 455 g/mol. The van der Waals surface area contributed by atoms with Gasteiger partial charge in [0.25, 0.3) is 0 Å². The first-order chi connectivity index (χ1) is 15.3. The highest BCUT2D eigenvalue weighted by atomic mass is 35.5. The molecule has 2 aliphatic rings. The van der Waals surface area contributed by atoms with Gasteiger partial charge in [0.15, 0.2) is 5.78 Å². The van der Waals surface area contributed by atoms with Crippen molar-refractivity contribution in [2.24, 2.45) is 0 Å². The van der Waals surface area contributed by atoms with Crippen LogP contribution in [-0.4, -0.2) is 41.9 Å². The van der Waals surface area contributed by atoms with E-state index in [0.717, 1.165) is 22.4 Å². The predicted octanol–water partition coefficient (Wildman–Crippen LogP) is 5.45. The van der Waals surface area contributed by atoms with Crippen LogP contribution in [0, 0.1) is 20.8 Å². The van der Waals surface area contributed by atoms with E-state index in [1.165, 1.54) is 0 Å². The predicted molar refractivity (Wildman–Crippen MR) is 125 cm³/mol. The summed E-state index contributed by atoms with van der Waals surface area (Å²) >= 11 is 6.12. The fraction of sp³-hybridized carbons (Fsp3) is 0.462. The molecule has 5 nitrogen and oxygen atoms in total. The molecule has 2 heterocycles. The van der Waals surface area contributed by atoms with E-state index >= 15 is 0 Å². The lowest BCUT2D eigenvalue weighted by Crippen LogP contribution is -2.52. The Hall–Kier alpha value is -2.53. The van der Waals surface area contributed by atoms with Gasteiger partial charge in [0.05, 0.1) is 18.6 Å². The van der Waals surface area contributed by atoms with Crippen molar-refractivity contribution in [2.45, 2.75) is 58.5 Å². The molecular formula is C26H30ClNO4. The maximum Gasteiger partial charge on any atom is 0.222 e. The standard InChI is InChI=1S/C26H30ClNO4/c1-17-6-4-7-18(2)24(17)31-13-5-8-23(30)28-11-9-26(10-12-28)16-22(29)21-15-20(27)14-19(3)25(21)32-26/h4,6-7,14-15H,5,8-13,16H2,1-3H3. The number of likely N-dealkylation sites (tertiary alicyclic amines) is 1. The number of piperidine rings is 1. The Balaban J connectivity index is 1.29. The van der Waals surface area contributed by atoms with Crippen LogP contribution >= 0.6 is 11.6 Å². The fourth-order valence-electron chi connectivity index (χ4n) is 4.74. The van der Waals surface area contributed by atoms with Crippen molar-refractivity contribution in [3.8, 4) is 11.5 Å². The minimum atomic E-state index is -0.523. The molecule has 1 fully saturated rings. The van der Waals surface area contributed by atoms with E-state index in [0.29, 0.717) is 68.1 Å². The number of rotatable bonds is 5. The van der Waals surface area contributed by atoms with Crippen molar-refractivity contribution >= 4 is 23.3 Å². The van der Waals surface area contributed by atoms with Crippen molar-refractivity contribution in [3.63, 3.8) is 0 Å². The summed E-state index contributed by atoms with van der Waals surface area (Å²) in [5, 5.41) is 0.552. The van der Waals surface area contributed by atoms with Gasteiger partial charge in [-0.15, -0.1) is 0 Å². The zero-order valence-electron chi connectivity index (χ0n) is 19.0. The Morgan fingerprint density at radius 1 is 1.12 bits per heavy atom. The summed E-state index contributed by atoms with van der Waals surface area (Å²) in [5.41, 5.74) is 3.15. The number of fused-ring (bicyclic) bond motifs is 1. The Kier molecular flexibility index (Phi) is 6.47. The molecule has 0 unspecified atom stereocenters. The van der Waals surface area contributed by atoms with E-state index < -0.39 is 5.60 Å². The SMILES string of the molecule is Cc1cccc(C)c1OCCCC(=O)N1CCC2(CC1)CC(=O)c1cc(Cl)cc(C)c1O2. The van der Waals surface area contributed by atoms with Gasteiger partial charge >= 0.3 is 0 Å². The third-order valence-electron chi connectivity index (χ3n) is 6.56. The van der Waals surface area contributed by atoms with Gasteiger partial charge in [0, 0.05) is 37.4 Å². The van der Waals surface area contributed by atoms with Crippen molar-refractivity contribution in [1.82, 2.24) is 4.90 Å². The van der Waals surface area contributed by atoms with Crippen LogP contribution in [0.25, 0.3) is 0 Å². The number of hydrogen-bond acceptors (Lipinski definition) is 4. The normalized spacial score (nSPS) is 17.1. The average Bonchev–Trinajstić information content (AvgIpc) is 2.74. The van der Waals surface area contributed by atoms with Crippen LogP contribution in [0.1, 0.15) is 59.2 Å². The first kappa shape index (κ1) is 22.7. The van der Waals surface area contributed by atoms with Crippen molar-refractivity contribution < 1.29 is 19.1 Å². The average molecular weight is 456 g/mol. The molecule has 0 aromatic heterocycles. The molecule has 0 atom stereocenters. The molecule has 0 bridgehead atoms. The molecular weight excluding hydrogens is 426 g/mol. The summed E-state index contributed by atoms with van der Waals surface area (Å²) in [5.74, 6) is 1.76. The fourth-order valence-corrected chi connectivity index (χ4v) is 5.01. The number of amides is 1. The van der Waals surface area contributed by atoms with Crippen LogP contribution in [0.4, 0.5) is 0 Å². The second-order valence-corrected chi connectivity index (χ2v) is 9.47. The lowest BCUT2D eigenvalue weighted by Gasteiger charge is -2.44. The number of ketones is 1. The maximum atomic E-state index is 12.8. The number of hydrogen-bond donors (Lipinski definition) is 0. The van der Waals surface area contributed by atoms with Crippen LogP contribution in [0.15, 0.2) is 30.3 Å². The Morgan fingerprint density at radius 3 is 2.50 bits per heavy atom. The third-order valence-corrected chi connectivity index (χ3v) is 6.78. The van der Waals surface area contributed by atoms with Gasteiger partial charge in [0.2, 0.25) is 5.91 Å². The topological polar surface area (TPSA) is 55.8 Å². The van der Waals surface area contributed by atoms with Crippen LogP contribution < -0.4 is 9.47 Å². The van der Waals surface area contributed by atoms with Crippen molar-refractivity contribution in [2.75, 3.05) is 19.7 Å². The first-order valence-corrected chi connectivity index (χ1v) is 11.6. The molecule has 1 spiro atoms. The second kappa shape index (κ2) is 9.14. The van der Waals surface area contributed by atoms with Gasteiger partial charge in [-0.3, -0.25) is 9.59 Å². The largest absolute Gasteiger partial charge is 0.493 e. The quantitative estimate of drug-likeness (QED) is 0.562. The molecule has 2 aromatic carbocycles. The van der Waals surface area contributed by atoms with Crippen LogP contribution in [0.2, 0.25) is 5.02 Å². The smallest absolute Gasteiger partial charge is 0.222 e. The van der Waals surface area contributed by atoms with E-state index in [1.807, 2.05) is 49.9 Å². The Morgan fingerprint density at radius 2 is 1.81 bits per heavy atom. The number of Topliss-reactive ketones (excluding diaryl/α,β-unsaturated/α-hetero) is 1. The Bertz CT molecular complexity index is 1020. The summed E-state index contributed by atoms with van der Waals surface area (Å²) in [6.45, 7) is 7.70. The lowest BCUT2D eigenvalue weighted by molar-refractivity contribution is -0.135. The number of carbonyl (C=O) groups is 2. The van der Waals surface area contributed by atoms with Gasteiger partial charge < -0.3 is 14.4 Å². The summed E-state index contributed by atoms with van der Waals surface area (Å²) in [4.78, 5) is 27.4. The number of benzene rings is 2. The molecule has 0 saturated carbocycles. The maximum absolute atomic E-state index is 12.8. The number of halogens is 1. The number of ether oxygens (including phenoxy) is 2. The molecule has 32 heavy (non-hydrogen) atoms. The molecule has 6 heteroatoms. The van der Waals surface area contributed by atoms with Crippen molar-refractivity contribution in [1.29, 1.82) is 0 Å². The van der Waals surface area contributed by atoms with E-state index in [9.17, 15) is 9.59 Å². The van der Waals surface area contributed by atoms with Crippen LogP contribution in [0.5, 0.6) is 11.5 Å². The molecule has 4 rings (SSSR count). The molecule has 1 saturated heterocycles. The number of para-hydroxylation sites is 1. The van der Waals surface area contributed by atoms with Gasteiger partial charge in [-0.25, -0.2) is 0 Å². The minimum Gasteiger partial charge on any atom is -0.493 e. The molecule has 0 radical (unpaired) electrons. The van der Waals surface area contributed by atoms with E-state index in [2.05, 4.69) is 0 Å². The zero-order chi connectivity index (χ0) is 22.9. The highest BCUT2D eigenvalue weighted by Crippen LogP contribution is 2.42. The van der Waals surface area contributed by atoms with Crippen LogP contribution in [-0.2, 0) is 4.79 Å². The highest BCUT2D eigenvalue weighted by Gasteiger charge is 2.44. The molecule has 0 aliphatic carbocycles. The lowest BCUT2D eigenvalue weighted by atomic mass is 9.82. The molecule has 170 valence electrons. The van der Waals surface area contributed by atoms with E-state index in [-0.39, 0.29) is 11.7 Å². The number of aryl methyl sites for hydroxylation is 3. The molecule has 2 aromatic rings. The van der Waals surface area contributed by atoms with Crippen LogP contribution in [0.3, 0.4) is 0 Å². The summed E-state index contributed by atoms with van der Waals surface area (Å²) in [6.07, 6.45) is 2.79. The van der Waals surface area contributed by atoms with E-state index in [1.54, 1.807) is 6.07 Å². The Labute approximate surface area is 194 Å². The molecule has 0 N–H and O–H groups in total. The van der Waals surface area contributed by atoms with Gasteiger partial charge in [-0.2, -0.15) is 0 Å². The summed E-state index contributed by atoms with van der Waals surface area (Å²) < 4.78 is 12.3. The number of nitrogens with zero attached hydrogens (tertiary/aromatic N) is 1. The summed E-state index contributed by atoms with van der Waals surface area (Å²) in [6, 6.07) is 9.60. The van der Waals surface area contributed by atoms with Gasteiger partial charge in [0.1, 0.15) is 17.1 Å². The van der Waals surface area contributed by atoms with Gasteiger partial charge in [-0.05, 0) is 56.0 Å². The molecule has 1 amide bonds. The van der Waals surface area contributed by atoms with E-state index in [4.69, 9.17) is 21.1 Å². The zero-order valence-corrected chi connectivity index (χ0v) is 19.8.